The standard InChI is InChI=1S/C22H27FO4/c1-4-19-20(25-14-17-12-8-9-13-18(17)23)21(22(24-3)27-19)26-15(2)16-10-6-5-7-11-16/h5-13,15,19-22H,4,14H2,1-3H3/t15?,19-,20+,21-,22+/m1/s1. The van der Waals surface area contributed by atoms with Crippen LogP contribution in [0.25, 0.3) is 0 Å². The fourth-order valence-electron chi connectivity index (χ4n) is 3.40. The van der Waals surface area contributed by atoms with Crippen LogP contribution in [0.5, 0.6) is 0 Å². The van der Waals surface area contributed by atoms with Crippen LogP contribution in [0, 0.1) is 5.82 Å². The van der Waals surface area contributed by atoms with E-state index in [4.69, 9.17) is 18.9 Å². The summed E-state index contributed by atoms with van der Waals surface area (Å²) in [6.07, 6.45) is -0.830. The summed E-state index contributed by atoms with van der Waals surface area (Å²) in [5.74, 6) is -0.275. The summed E-state index contributed by atoms with van der Waals surface area (Å²) < 4.78 is 37.8. The second-order valence-corrected chi connectivity index (χ2v) is 6.71. The van der Waals surface area contributed by atoms with E-state index < -0.39 is 12.4 Å². The third-order valence-corrected chi connectivity index (χ3v) is 4.92. The number of ether oxygens (including phenoxy) is 4. The van der Waals surface area contributed by atoms with Gasteiger partial charge in [0, 0.05) is 12.7 Å². The van der Waals surface area contributed by atoms with Crippen LogP contribution in [0.1, 0.15) is 37.5 Å². The van der Waals surface area contributed by atoms with E-state index in [9.17, 15) is 4.39 Å². The summed E-state index contributed by atoms with van der Waals surface area (Å²) in [6, 6.07) is 16.6. The van der Waals surface area contributed by atoms with Crippen molar-refractivity contribution in [2.24, 2.45) is 0 Å². The Labute approximate surface area is 160 Å². The van der Waals surface area contributed by atoms with Gasteiger partial charge in [-0.1, -0.05) is 55.5 Å². The van der Waals surface area contributed by atoms with Crippen LogP contribution in [-0.4, -0.2) is 31.7 Å². The van der Waals surface area contributed by atoms with Crippen LogP contribution in [0.4, 0.5) is 4.39 Å². The average Bonchev–Trinajstić information content (AvgIpc) is 3.04. The van der Waals surface area contributed by atoms with E-state index in [-0.39, 0.29) is 30.7 Å². The summed E-state index contributed by atoms with van der Waals surface area (Å²) in [6.45, 7) is 4.18. The first kappa shape index (κ1) is 20.0. The van der Waals surface area contributed by atoms with Gasteiger partial charge >= 0.3 is 0 Å². The Balaban J connectivity index is 1.74. The Hall–Kier alpha value is -1.79. The molecule has 1 unspecified atom stereocenters. The molecular formula is C22H27FO4. The summed E-state index contributed by atoms with van der Waals surface area (Å²) >= 11 is 0. The smallest absolute Gasteiger partial charge is 0.186 e. The van der Waals surface area contributed by atoms with E-state index >= 15 is 0 Å². The van der Waals surface area contributed by atoms with Gasteiger partial charge in [-0.3, -0.25) is 0 Å². The van der Waals surface area contributed by atoms with Gasteiger partial charge in [0.2, 0.25) is 0 Å². The quantitative estimate of drug-likeness (QED) is 0.675. The SMILES string of the molecule is CC[C@H]1O[C@H](OC)[C@H](OC(C)c2ccccc2)[C@H]1OCc1ccccc1F. The predicted molar refractivity (Wildman–Crippen MR) is 101 cm³/mol. The number of methoxy groups -OCH3 is 1. The maximum atomic E-state index is 13.9. The first-order chi connectivity index (χ1) is 13.1. The first-order valence-corrected chi connectivity index (χ1v) is 9.37. The van der Waals surface area contributed by atoms with Crippen LogP contribution >= 0.6 is 0 Å². The first-order valence-electron chi connectivity index (χ1n) is 9.37. The maximum Gasteiger partial charge on any atom is 0.186 e. The second-order valence-electron chi connectivity index (χ2n) is 6.71. The van der Waals surface area contributed by atoms with Gasteiger partial charge in [0.1, 0.15) is 18.0 Å². The number of rotatable bonds is 8. The monoisotopic (exact) mass is 374 g/mol. The van der Waals surface area contributed by atoms with Crippen LogP contribution < -0.4 is 0 Å². The molecule has 27 heavy (non-hydrogen) atoms. The van der Waals surface area contributed by atoms with Crippen LogP contribution in [0.3, 0.4) is 0 Å². The van der Waals surface area contributed by atoms with Crippen molar-refractivity contribution >= 4 is 0 Å². The molecular weight excluding hydrogens is 347 g/mol. The molecule has 3 rings (SSSR count). The van der Waals surface area contributed by atoms with Crippen molar-refractivity contribution in [3.63, 3.8) is 0 Å². The largest absolute Gasteiger partial charge is 0.368 e. The highest BCUT2D eigenvalue weighted by Gasteiger charge is 2.46. The van der Waals surface area contributed by atoms with Gasteiger partial charge in [-0.2, -0.15) is 0 Å². The Morgan fingerprint density at radius 3 is 2.41 bits per heavy atom. The summed E-state index contributed by atoms with van der Waals surface area (Å²) in [5.41, 5.74) is 1.59. The minimum absolute atomic E-state index is 0.146. The lowest BCUT2D eigenvalue weighted by molar-refractivity contribution is -0.176. The zero-order valence-corrected chi connectivity index (χ0v) is 16.0. The zero-order valence-electron chi connectivity index (χ0n) is 16.0. The third kappa shape index (κ3) is 4.74. The lowest BCUT2D eigenvalue weighted by Crippen LogP contribution is -2.38. The molecule has 2 aromatic rings. The van der Waals surface area contributed by atoms with Gasteiger partial charge in [-0.15, -0.1) is 0 Å². The van der Waals surface area contributed by atoms with Gasteiger partial charge in [-0.25, -0.2) is 4.39 Å². The molecule has 1 aliphatic heterocycles. The van der Waals surface area contributed by atoms with Gasteiger partial charge in [-0.05, 0) is 25.0 Å². The number of hydrogen-bond donors (Lipinski definition) is 0. The molecule has 0 N–H and O–H groups in total. The highest BCUT2D eigenvalue weighted by molar-refractivity contribution is 5.17. The van der Waals surface area contributed by atoms with E-state index in [1.807, 2.05) is 44.2 Å². The van der Waals surface area contributed by atoms with Crippen molar-refractivity contribution in [1.29, 1.82) is 0 Å². The summed E-state index contributed by atoms with van der Waals surface area (Å²) in [4.78, 5) is 0. The van der Waals surface area contributed by atoms with E-state index in [2.05, 4.69) is 0 Å². The summed E-state index contributed by atoms with van der Waals surface area (Å²) in [7, 11) is 1.60. The molecule has 0 spiro atoms. The molecule has 5 atom stereocenters. The molecule has 0 saturated carbocycles. The molecule has 1 aliphatic rings. The molecule has 1 heterocycles. The zero-order chi connectivity index (χ0) is 19.2. The fourth-order valence-corrected chi connectivity index (χ4v) is 3.40. The van der Waals surface area contributed by atoms with Crippen LogP contribution in [0.15, 0.2) is 54.6 Å². The van der Waals surface area contributed by atoms with Crippen molar-refractivity contribution in [3.8, 4) is 0 Å². The van der Waals surface area contributed by atoms with Gasteiger partial charge < -0.3 is 18.9 Å². The predicted octanol–water partition coefficient (Wildman–Crippen LogP) is 4.64. The number of hydrogen-bond acceptors (Lipinski definition) is 4. The second kappa shape index (κ2) is 9.42. The van der Waals surface area contributed by atoms with E-state index in [0.717, 1.165) is 12.0 Å². The lowest BCUT2D eigenvalue weighted by Gasteiger charge is -2.27. The topological polar surface area (TPSA) is 36.9 Å². The van der Waals surface area contributed by atoms with Crippen molar-refractivity contribution in [2.45, 2.75) is 57.6 Å². The van der Waals surface area contributed by atoms with Crippen molar-refractivity contribution in [1.82, 2.24) is 0 Å². The lowest BCUT2D eigenvalue weighted by atomic mass is 10.1. The minimum Gasteiger partial charge on any atom is -0.368 e. The Morgan fingerprint density at radius 2 is 1.74 bits per heavy atom. The Kier molecular flexibility index (Phi) is 6.96. The molecule has 4 nitrogen and oxygen atoms in total. The van der Waals surface area contributed by atoms with Gasteiger partial charge in [0.25, 0.3) is 0 Å². The highest BCUT2D eigenvalue weighted by Crippen LogP contribution is 2.33. The molecule has 146 valence electrons. The molecule has 1 fully saturated rings. The van der Waals surface area contributed by atoms with Crippen molar-refractivity contribution in [3.05, 3.63) is 71.5 Å². The van der Waals surface area contributed by atoms with E-state index in [1.54, 1.807) is 25.3 Å². The summed E-state index contributed by atoms with van der Waals surface area (Å²) in [5, 5.41) is 0. The molecule has 2 aromatic carbocycles. The molecule has 0 aromatic heterocycles. The molecule has 0 radical (unpaired) electrons. The van der Waals surface area contributed by atoms with Gasteiger partial charge in [0.05, 0.1) is 18.8 Å². The Bertz CT molecular complexity index is 708. The number of benzene rings is 2. The fraction of sp³-hybridized carbons (Fsp3) is 0.455. The molecule has 1 saturated heterocycles. The minimum atomic E-state index is -0.522. The van der Waals surface area contributed by atoms with E-state index in [0.29, 0.717) is 5.56 Å². The van der Waals surface area contributed by atoms with Crippen LogP contribution in [-0.2, 0) is 25.6 Å². The third-order valence-electron chi connectivity index (χ3n) is 4.92. The number of halogens is 1. The van der Waals surface area contributed by atoms with Gasteiger partial charge in [0.15, 0.2) is 6.29 Å². The molecule has 5 heteroatoms. The highest BCUT2D eigenvalue weighted by atomic mass is 19.1. The molecule has 0 amide bonds. The molecule has 0 bridgehead atoms. The van der Waals surface area contributed by atoms with Crippen molar-refractivity contribution in [2.75, 3.05) is 7.11 Å². The van der Waals surface area contributed by atoms with Crippen molar-refractivity contribution < 1.29 is 23.3 Å². The van der Waals surface area contributed by atoms with E-state index in [1.165, 1.54) is 6.07 Å². The van der Waals surface area contributed by atoms with Crippen LogP contribution in [0.2, 0.25) is 0 Å². The molecule has 0 aliphatic carbocycles. The normalized spacial score (nSPS) is 26.2. The Morgan fingerprint density at radius 1 is 1.04 bits per heavy atom. The maximum absolute atomic E-state index is 13.9. The average molecular weight is 374 g/mol.